The molecule has 2 heterocycles. The molecule has 116 valence electrons. The first kappa shape index (κ1) is 14.9. The molecule has 0 aliphatic carbocycles. The number of nitro benzene ring substituents is 1. The van der Waals surface area contributed by atoms with E-state index in [1.807, 2.05) is 31.7 Å². The van der Waals surface area contributed by atoms with E-state index in [1.165, 1.54) is 0 Å². The number of thioether (sulfide) groups is 1. The summed E-state index contributed by atoms with van der Waals surface area (Å²) in [6.45, 7) is 3.64. The van der Waals surface area contributed by atoms with Crippen LogP contribution in [0.1, 0.15) is 17.9 Å². The summed E-state index contributed by atoms with van der Waals surface area (Å²) < 4.78 is 5.15. The van der Waals surface area contributed by atoms with Crippen LogP contribution in [0, 0.1) is 24.0 Å². The van der Waals surface area contributed by atoms with Crippen molar-refractivity contribution in [1.82, 2.24) is 5.16 Å². The summed E-state index contributed by atoms with van der Waals surface area (Å²) >= 11 is 1.87. The highest BCUT2D eigenvalue weighted by Gasteiger charge is 2.22. The topological polar surface area (TPSA) is 81.2 Å². The second-order valence-electron chi connectivity index (χ2n) is 5.39. The number of hydrogen-bond donors (Lipinski definition) is 1. The van der Waals surface area contributed by atoms with Crippen molar-refractivity contribution in [3.63, 3.8) is 0 Å². The van der Waals surface area contributed by atoms with Crippen LogP contribution >= 0.6 is 11.8 Å². The predicted octanol–water partition coefficient (Wildman–Crippen LogP) is 3.78. The lowest BCUT2D eigenvalue weighted by atomic mass is 10.0. The van der Waals surface area contributed by atoms with Gasteiger partial charge in [-0.3, -0.25) is 10.1 Å². The lowest BCUT2D eigenvalue weighted by Gasteiger charge is -2.13. The molecule has 0 saturated carbocycles. The van der Waals surface area contributed by atoms with Gasteiger partial charge >= 0.3 is 0 Å². The van der Waals surface area contributed by atoms with E-state index in [0.29, 0.717) is 17.5 Å². The summed E-state index contributed by atoms with van der Waals surface area (Å²) in [6, 6.07) is 5.55. The summed E-state index contributed by atoms with van der Waals surface area (Å²) in [4.78, 5) is 11.1. The second kappa shape index (κ2) is 6.00. The van der Waals surface area contributed by atoms with Gasteiger partial charge < -0.3 is 9.84 Å². The zero-order valence-corrected chi connectivity index (χ0v) is 13.3. The first-order valence-electron chi connectivity index (χ1n) is 7.12. The summed E-state index contributed by atoms with van der Waals surface area (Å²) in [7, 11) is 0. The van der Waals surface area contributed by atoms with Crippen molar-refractivity contribution in [2.75, 3.05) is 16.8 Å². The lowest BCUT2D eigenvalue weighted by molar-refractivity contribution is -0.383. The van der Waals surface area contributed by atoms with Crippen LogP contribution in [-0.2, 0) is 0 Å². The standard InChI is InChI=1S/C15H17N3O3S/c1-9-15(10(2)21-17-9)11-3-4-13(14(7-11)18(19)20)16-12-5-6-22-8-12/h3-4,7,12,16H,5-6,8H2,1-2H3/t12-/m0/s1. The van der Waals surface area contributed by atoms with Crippen molar-refractivity contribution in [2.24, 2.45) is 0 Å². The summed E-state index contributed by atoms with van der Waals surface area (Å²) in [5.41, 5.74) is 2.99. The number of hydrogen-bond acceptors (Lipinski definition) is 6. The predicted molar refractivity (Wildman–Crippen MR) is 87.4 cm³/mol. The molecule has 1 saturated heterocycles. The molecule has 22 heavy (non-hydrogen) atoms. The smallest absolute Gasteiger partial charge is 0.292 e. The van der Waals surface area contributed by atoms with Gasteiger partial charge in [-0.05, 0) is 37.7 Å². The Morgan fingerprint density at radius 1 is 1.45 bits per heavy atom. The van der Waals surface area contributed by atoms with E-state index in [2.05, 4.69) is 10.5 Å². The number of nitrogens with one attached hydrogen (secondary N) is 1. The summed E-state index contributed by atoms with van der Waals surface area (Å²) in [6.07, 6.45) is 1.04. The third-order valence-corrected chi connectivity index (χ3v) is 4.97. The van der Waals surface area contributed by atoms with E-state index in [1.54, 1.807) is 12.1 Å². The molecule has 3 rings (SSSR count). The van der Waals surface area contributed by atoms with Gasteiger partial charge in [-0.1, -0.05) is 11.2 Å². The van der Waals surface area contributed by atoms with E-state index in [9.17, 15) is 10.1 Å². The van der Waals surface area contributed by atoms with Crippen molar-refractivity contribution < 1.29 is 9.45 Å². The maximum atomic E-state index is 11.4. The Hall–Kier alpha value is -2.02. The second-order valence-corrected chi connectivity index (χ2v) is 6.54. The highest BCUT2D eigenvalue weighted by atomic mass is 32.2. The molecule has 7 heteroatoms. The quantitative estimate of drug-likeness (QED) is 0.682. The Bertz CT molecular complexity index is 689. The third-order valence-electron chi connectivity index (χ3n) is 3.81. The average molecular weight is 319 g/mol. The number of anilines is 1. The van der Waals surface area contributed by atoms with Crippen molar-refractivity contribution in [3.05, 3.63) is 39.8 Å². The molecule has 1 fully saturated rings. The van der Waals surface area contributed by atoms with Gasteiger partial charge in [-0.25, -0.2) is 0 Å². The van der Waals surface area contributed by atoms with Crippen LogP contribution in [0.2, 0.25) is 0 Å². The van der Waals surface area contributed by atoms with Gasteiger partial charge in [0.05, 0.1) is 10.6 Å². The van der Waals surface area contributed by atoms with Crippen LogP contribution in [0.15, 0.2) is 22.7 Å². The van der Waals surface area contributed by atoms with Crippen molar-refractivity contribution in [1.29, 1.82) is 0 Å². The molecule has 0 spiro atoms. The van der Waals surface area contributed by atoms with Gasteiger partial charge in [-0.15, -0.1) is 0 Å². The van der Waals surface area contributed by atoms with Crippen LogP contribution in [0.5, 0.6) is 0 Å². The Morgan fingerprint density at radius 2 is 2.27 bits per heavy atom. The highest BCUT2D eigenvalue weighted by Crippen LogP contribution is 2.35. The molecule has 1 aromatic heterocycles. The molecule has 1 aliphatic heterocycles. The molecule has 0 radical (unpaired) electrons. The van der Waals surface area contributed by atoms with E-state index < -0.39 is 0 Å². The molecule has 1 N–H and O–H groups in total. The molecular formula is C15H17N3O3S. The van der Waals surface area contributed by atoms with E-state index in [4.69, 9.17) is 4.52 Å². The number of rotatable bonds is 4. The van der Waals surface area contributed by atoms with Crippen molar-refractivity contribution in [3.8, 4) is 11.1 Å². The van der Waals surface area contributed by atoms with Gasteiger partial charge in [0.2, 0.25) is 0 Å². The maximum Gasteiger partial charge on any atom is 0.292 e. The molecule has 0 unspecified atom stereocenters. The zero-order valence-electron chi connectivity index (χ0n) is 12.5. The minimum absolute atomic E-state index is 0.0920. The molecule has 1 atom stereocenters. The Balaban J connectivity index is 1.98. The number of nitro groups is 1. The average Bonchev–Trinajstić information content (AvgIpc) is 3.10. The van der Waals surface area contributed by atoms with Crippen LogP contribution in [0.3, 0.4) is 0 Å². The van der Waals surface area contributed by atoms with Crippen LogP contribution in [0.4, 0.5) is 11.4 Å². The van der Waals surface area contributed by atoms with Crippen LogP contribution in [0.25, 0.3) is 11.1 Å². The molecule has 2 aromatic rings. The van der Waals surface area contributed by atoms with Crippen LogP contribution < -0.4 is 5.32 Å². The van der Waals surface area contributed by atoms with Gasteiger partial charge in [0.15, 0.2) is 0 Å². The number of aryl methyl sites for hydroxylation is 2. The molecule has 6 nitrogen and oxygen atoms in total. The Morgan fingerprint density at radius 3 is 2.86 bits per heavy atom. The first-order chi connectivity index (χ1) is 10.6. The van der Waals surface area contributed by atoms with Crippen molar-refractivity contribution >= 4 is 23.1 Å². The molecule has 1 aliphatic rings. The monoisotopic (exact) mass is 319 g/mol. The molecule has 0 amide bonds. The van der Waals surface area contributed by atoms with Gasteiger partial charge in [0, 0.05) is 23.4 Å². The van der Waals surface area contributed by atoms with Crippen LogP contribution in [-0.4, -0.2) is 27.6 Å². The fourth-order valence-electron chi connectivity index (χ4n) is 2.72. The maximum absolute atomic E-state index is 11.4. The summed E-state index contributed by atoms with van der Waals surface area (Å²) in [5.74, 6) is 2.76. The van der Waals surface area contributed by atoms with E-state index in [0.717, 1.165) is 34.7 Å². The number of aromatic nitrogens is 1. The van der Waals surface area contributed by atoms with Gasteiger partial charge in [-0.2, -0.15) is 11.8 Å². The minimum atomic E-state index is -0.341. The van der Waals surface area contributed by atoms with Gasteiger partial charge in [0.1, 0.15) is 11.4 Å². The molecular weight excluding hydrogens is 302 g/mol. The highest BCUT2D eigenvalue weighted by molar-refractivity contribution is 7.99. The number of benzene rings is 1. The first-order valence-corrected chi connectivity index (χ1v) is 8.27. The molecule has 1 aromatic carbocycles. The number of nitrogens with zero attached hydrogens (tertiary/aromatic N) is 2. The lowest BCUT2D eigenvalue weighted by Crippen LogP contribution is -2.18. The fourth-order valence-corrected chi connectivity index (χ4v) is 3.88. The normalized spacial score (nSPS) is 17.6. The summed E-state index contributed by atoms with van der Waals surface area (Å²) in [5, 5.41) is 18.6. The largest absolute Gasteiger partial charge is 0.376 e. The fraction of sp³-hybridized carbons (Fsp3) is 0.400. The minimum Gasteiger partial charge on any atom is -0.376 e. The van der Waals surface area contributed by atoms with E-state index >= 15 is 0 Å². The van der Waals surface area contributed by atoms with E-state index in [-0.39, 0.29) is 10.6 Å². The third kappa shape index (κ3) is 2.81. The van der Waals surface area contributed by atoms with Crippen molar-refractivity contribution in [2.45, 2.75) is 26.3 Å². The SMILES string of the molecule is Cc1noc(C)c1-c1ccc(N[C@H]2CCSC2)c([N+](=O)[O-])c1. The Labute approximate surface area is 132 Å². The Kier molecular flexibility index (Phi) is 4.06. The zero-order chi connectivity index (χ0) is 15.7. The van der Waals surface area contributed by atoms with Gasteiger partial charge in [0.25, 0.3) is 5.69 Å². The molecule has 0 bridgehead atoms.